The predicted molar refractivity (Wildman–Crippen MR) is 109 cm³/mol. The molecular weight excluding hydrogens is 439 g/mol. The molecule has 0 saturated heterocycles. The highest BCUT2D eigenvalue weighted by Gasteiger charge is 2.23. The van der Waals surface area contributed by atoms with Crippen LogP contribution in [0, 0.1) is 0 Å². The summed E-state index contributed by atoms with van der Waals surface area (Å²) in [5, 5.41) is 28.7. The Morgan fingerprint density at radius 3 is 1.97 bits per heavy atom. The molecule has 0 aliphatic carbocycles. The molecule has 3 aromatic rings. The summed E-state index contributed by atoms with van der Waals surface area (Å²) in [5.41, 5.74) is 5.65. The van der Waals surface area contributed by atoms with E-state index < -0.39 is 42.9 Å². The van der Waals surface area contributed by atoms with Gasteiger partial charge in [-0.2, -0.15) is 16.8 Å². The van der Waals surface area contributed by atoms with Gasteiger partial charge in [0.25, 0.3) is 20.2 Å². The van der Waals surface area contributed by atoms with Gasteiger partial charge in [-0.3, -0.25) is 14.5 Å². The van der Waals surface area contributed by atoms with Crippen LogP contribution in [0.25, 0.3) is 10.8 Å². The van der Waals surface area contributed by atoms with Gasteiger partial charge in [-0.25, -0.2) is 0 Å². The van der Waals surface area contributed by atoms with Gasteiger partial charge in [-0.15, -0.1) is 0 Å². The van der Waals surface area contributed by atoms with Crippen molar-refractivity contribution in [3.8, 4) is 5.75 Å². The topological polar surface area (TPSA) is 193 Å². The summed E-state index contributed by atoms with van der Waals surface area (Å²) in [7, 11) is -11.1. The fraction of sp³-hybridized carbons (Fsp3) is 0. The zero-order valence-electron chi connectivity index (χ0n) is 14.9. The van der Waals surface area contributed by atoms with Gasteiger partial charge in [0.15, 0.2) is 5.75 Å². The Balaban J connectivity index is 2.10. The number of rotatable bonds is 6. The van der Waals surface area contributed by atoms with Crippen molar-refractivity contribution in [3.63, 3.8) is 0 Å². The van der Waals surface area contributed by atoms with Crippen molar-refractivity contribution in [1.29, 1.82) is 0 Å². The minimum atomic E-state index is -4.88. The van der Waals surface area contributed by atoms with Crippen molar-refractivity contribution in [2.75, 3.05) is 10.9 Å². The van der Waals surface area contributed by atoms with Gasteiger partial charge < -0.3 is 20.6 Å². The second kappa shape index (κ2) is 7.75. The summed E-state index contributed by atoms with van der Waals surface area (Å²) < 4.78 is 64.6. The number of phenolic OH excluding ortho intramolecular Hbond substituents is 1. The highest BCUT2D eigenvalue weighted by molar-refractivity contribution is 7.86. The summed E-state index contributed by atoms with van der Waals surface area (Å²) in [6, 6.07) is 9.83. The molecule has 7 N–H and O–H groups in total. The number of nitrogens with one attached hydrogen (secondary N) is 2. The minimum Gasteiger partial charge on any atom is -0.504 e. The fourth-order valence-corrected chi connectivity index (χ4v) is 3.84. The highest BCUT2D eigenvalue weighted by Crippen LogP contribution is 2.39. The molecule has 0 saturated carbocycles. The Hall–Kier alpha value is -2.88. The average molecular weight is 454 g/mol. The molecular formula is C16H15BN2O9S2. The molecule has 3 aromatic carbocycles. The van der Waals surface area contributed by atoms with Gasteiger partial charge in [0, 0.05) is 5.39 Å². The summed E-state index contributed by atoms with van der Waals surface area (Å²) >= 11 is 0. The van der Waals surface area contributed by atoms with E-state index in [1.165, 1.54) is 30.3 Å². The molecule has 0 aromatic heterocycles. The molecule has 0 amide bonds. The smallest absolute Gasteiger partial charge is 0.488 e. The molecule has 0 aliphatic rings. The first-order chi connectivity index (χ1) is 13.9. The van der Waals surface area contributed by atoms with E-state index in [-0.39, 0.29) is 21.9 Å². The molecule has 158 valence electrons. The molecule has 30 heavy (non-hydrogen) atoms. The third-order valence-corrected chi connectivity index (χ3v) is 5.88. The van der Waals surface area contributed by atoms with E-state index in [1.807, 2.05) is 0 Å². The van der Waals surface area contributed by atoms with E-state index in [9.17, 15) is 31.0 Å². The molecule has 0 fully saturated rings. The number of benzene rings is 3. The first-order valence-electron chi connectivity index (χ1n) is 8.11. The largest absolute Gasteiger partial charge is 0.504 e. The lowest BCUT2D eigenvalue weighted by Gasteiger charge is -2.16. The van der Waals surface area contributed by atoms with E-state index in [0.29, 0.717) is 5.69 Å². The van der Waals surface area contributed by atoms with E-state index in [4.69, 9.17) is 10.0 Å². The van der Waals surface area contributed by atoms with Gasteiger partial charge >= 0.3 is 7.12 Å². The molecule has 0 bridgehead atoms. The second-order valence-corrected chi connectivity index (χ2v) is 8.99. The average Bonchev–Trinajstić information content (AvgIpc) is 2.65. The highest BCUT2D eigenvalue weighted by atomic mass is 32.2. The summed E-state index contributed by atoms with van der Waals surface area (Å²) in [4.78, 5) is -1.40. The Morgan fingerprint density at radius 2 is 1.43 bits per heavy atom. The summed E-state index contributed by atoms with van der Waals surface area (Å²) in [5.74, 6) is -0.834. The first kappa shape index (κ1) is 21.8. The molecule has 0 atom stereocenters. The van der Waals surface area contributed by atoms with E-state index in [1.54, 1.807) is 0 Å². The van der Waals surface area contributed by atoms with Gasteiger partial charge in [-0.1, -0.05) is 18.2 Å². The number of phenols is 1. The molecule has 11 nitrogen and oxygen atoms in total. The van der Waals surface area contributed by atoms with Crippen LogP contribution in [-0.2, 0) is 20.2 Å². The van der Waals surface area contributed by atoms with Crippen LogP contribution < -0.4 is 16.3 Å². The van der Waals surface area contributed by atoms with Gasteiger partial charge in [0.1, 0.15) is 10.6 Å². The number of hydrogen-bond acceptors (Lipinski definition) is 9. The Kier molecular flexibility index (Phi) is 5.64. The summed E-state index contributed by atoms with van der Waals surface area (Å²) in [6.45, 7) is 0. The number of aromatic hydroxyl groups is 1. The van der Waals surface area contributed by atoms with Crippen LogP contribution in [0.1, 0.15) is 0 Å². The van der Waals surface area contributed by atoms with Crippen LogP contribution in [0.3, 0.4) is 0 Å². The normalized spacial score (nSPS) is 12.0. The maximum atomic E-state index is 11.6. The van der Waals surface area contributed by atoms with E-state index in [0.717, 1.165) is 18.2 Å². The Labute approximate surface area is 171 Å². The van der Waals surface area contributed by atoms with Crippen molar-refractivity contribution < 1.29 is 41.1 Å². The van der Waals surface area contributed by atoms with Crippen LogP contribution in [0.15, 0.2) is 58.3 Å². The Morgan fingerprint density at radius 1 is 0.800 bits per heavy atom. The van der Waals surface area contributed by atoms with Crippen molar-refractivity contribution in [2.45, 2.75) is 9.79 Å². The second-order valence-electron chi connectivity index (χ2n) is 6.18. The van der Waals surface area contributed by atoms with Crippen LogP contribution in [-0.4, -0.2) is 48.2 Å². The van der Waals surface area contributed by atoms with Crippen molar-refractivity contribution in [2.24, 2.45) is 0 Å². The maximum absolute atomic E-state index is 11.6. The van der Waals surface area contributed by atoms with Gasteiger partial charge in [-0.05, 0) is 41.2 Å². The quantitative estimate of drug-likeness (QED) is 0.116. The maximum Gasteiger partial charge on any atom is 0.488 e. The summed E-state index contributed by atoms with van der Waals surface area (Å²) in [6.07, 6.45) is 0. The Bertz CT molecular complexity index is 1330. The lowest BCUT2D eigenvalue weighted by atomic mass is 9.80. The third-order valence-electron chi connectivity index (χ3n) is 4.17. The van der Waals surface area contributed by atoms with Crippen LogP contribution >= 0.6 is 0 Å². The standard InChI is InChI=1S/C16H15BN2O9S2/c20-16-14(30(26,27)28)8-9-7-12(29(23,24)25)5-6-13(9)15(16)19-18-11-3-1-10(2-4-11)17(21)22/h1-8,18-22H,(H,23,24,25)(H,26,27,28). The minimum absolute atomic E-state index is 0.0152. The molecule has 0 unspecified atom stereocenters. The molecule has 3 rings (SSSR count). The van der Waals surface area contributed by atoms with Crippen LogP contribution in [0.2, 0.25) is 0 Å². The van der Waals surface area contributed by atoms with Crippen LogP contribution in [0.5, 0.6) is 5.75 Å². The van der Waals surface area contributed by atoms with Crippen molar-refractivity contribution in [3.05, 3.63) is 48.5 Å². The van der Waals surface area contributed by atoms with Crippen molar-refractivity contribution >= 4 is 55.0 Å². The third kappa shape index (κ3) is 4.48. The SMILES string of the molecule is O=S(=O)(O)c1ccc2c(NNc3ccc(B(O)O)cc3)c(O)c(S(=O)(=O)O)cc2c1. The monoisotopic (exact) mass is 454 g/mol. The molecule has 0 radical (unpaired) electrons. The zero-order chi connectivity index (χ0) is 22.3. The first-order valence-corrected chi connectivity index (χ1v) is 11.0. The molecule has 0 aliphatic heterocycles. The lowest BCUT2D eigenvalue weighted by Crippen LogP contribution is -2.29. The van der Waals surface area contributed by atoms with E-state index in [2.05, 4.69) is 10.9 Å². The zero-order valence-corrected chi connectivity index (χ0v) is 16.5. The lowest BCUT2D eigenvalue weighted by molar-refractivity contribution is 0.425. The number of anilines is 2. The molecule has 0 heterocycles. The number of hydrogen-bond donors (Lipinski definition) is 7. The van der Waals surface area contributed by atoms with Crippen molar-refractivity contribution in [1.82, 2.24) is 0 Å². The van der Waals surface area contributed by atoms with Crippen LogP contribution in [0.4, 0.5) is 11.4 Å². The molecule has 0 spiro atoms. The van der Waals surface area contributed by atoms with E-state index >= 15 is 0 Å². The number of hydrazine groups is 1. The van der Waals surface area contributed by atoms with Gasteiger partial charge in [0.05, 0.1) is 10.6 Å². The predicted octanol–water partition coefficient (Wildman–Crippen LogP) is 0.158. The number of fused-ring (bicyclic) bond motifs is 1. The van der Waals surface area contributed by atoms with Gasteiger partial charge in [0.2, 0.25) is 0 Å². The fourth-order valence-electron chi connectivity index (χ4n) is 2.71. The molecule has 14 heteroatoms.